The fourth-order valence-electron chi connectivity index (χ4n) is 2.44. The number of amides is 1. The van der Waals surface area contributed by atoms with Gasteiger partial charge in [-0.1, -0.05) is 17.7 Å². The smallest absolute Gasteiger partial charge is 0.241 e. The van der Waals surface area contributed by atoms with Crippen LogP contribution in [0, 0.1) is 13.8 Å². The largest absolute Gasteiger partial charge is 0.454 e. The van der Waals surface area contributed by atoms with Crippen LogP contribution in [0.3, 0.4) is 0 Å². The molecule has 0 saturated heterocycles. The van der Waals surface area contributed by atoms with Crippen LogP contribution in [-0.2, 0) is 14.8 Å². The summed E-state index contributed by atoms with van der Waals surface area (Å²) in [7, 11) is -3.83. The molecule has 0 atom stereocenters. The lowest BCUT2D eigenvalue weighted by Gasteiger charge is -2.10. The zero-order valence-electron chi connectivity index (χ0n) is 13.8. The van der Waals surface area contributed by atoms with Gasteiger partial charge in [-0.3, -0.25) is 4.79 Å². The molecule has 1 amide bonds. The van der Waals surface area contributed by atoms with Crippen molar-refractivity contribution in [1.82, 2.24) is 4.72 Å². The van der Waals surface area contributed by atoms with Gasteiger partial charge in [0.05, 0.1) is 11.4 Å². The van der Waals surface area contributed by atoms with Gasteiger partial charge < -0.3 is 14.8 Å². The standard InChI is InChI=1S/C17H18N2O5S/c1-11-3-5-14(12(2)7-11)19-17(20)9-18-25(21,22)13-4-6-15-16(8-13)24-10-23-15/h3-8,18H,9-10H2,1-2H3,(H,19,20). The topological polar surface area (TPSA) is 93.7 Å². The van der Waals surface area contributed by atoms with E-state index in [2.05, 4.69) is 10.0 Å². The number of sulfonamides is 1. The molecule has 0 spiro atoms. The van der Waals surface area contributed by atoms with E-state index in [4.69, 9.17) is 9.47 Å². The maximum Gasteiger partial charge on any atom is 0.241 e. The van der Waals surface area contributed by atoms with Crippen molar-refractivity contribution in [2.45, 2.75) is 18.7 Å². The molecule has 7 nitrogen and oxygen atoms in total. The van der Waals surface area contributed by atoms with Crippen molar-refractivity contribution in [2.75, 3.05) is 18.7 Å². The van der Waals surface area contributed by atoms with Gasteiger partial charge in [0.2, 0.25) is 22.7 Å². The summed E-state index contributed by atoms with van der Waals surface area (Å²) in [5.41, 5.74) is 2.64. The average Bonchev–Trinajstić information content (AvgIpc) is 3.03. The minimum atomic E-state index is -3.83. The van der Waals surface area contributed by atoms with Crippen LogP contribution in [0.5, 0.6) is 11.5 Å². The lowest BCUT2D eigenvalue weighted by molar-refractivity contribution is -0.115. The normalized spacial score (nSPS) is 12.9. The first-order valence-corrected chi connectivity index (χ1v) is 9.10. The number of fused-ring (bicyclic) bond motifs is 1. The van der Waals surface area contributed by atoms with Crippen LogP contribution in [0.1, 0.15) is 11.1 Å². The van der Waals surface area contributed by atoms with Gasteiger partial charge in [0.15, 0.2) is 11.5 Å². The van der Waals surface area contributed by atoms with Gasteiger partial charge in [-0.15, -0.1) is 0 Å². The summed E-state index contributed by atoms with van der Waals surface area (Å²) in [5, 5.41) is 2.69. The van der Waals surface area contributed by atoms with Crippen LogP contribution in [0.15, 0.2) is 41.3 Å². The molecule has 1 aliphatic rings. The van der Waals surface area contributed by atoms with E-state index in [1.54, 1.807) is 6.07 Å². The molecule has 1 aliphatic heterocycles. The molecule has 0 aromatic heterocycles. The molecule has 1 heterocycles. The summed E-state index contributed by atoms with van der Waals surface area (Å²) < 4.78 is 37.2. The zero-order chi connectivity index (χ0) is 18.0. The monoisotopic (exact) mass is 362 g/mol. The fraction of sp³-hybridized carbons (Fsp3) is 0.235. The molecule has 132 valence electrons. The number of nitrogens with one attached hydrogen (secondary N) is 2. The van der Waals surface area contributed by atoms with E-state index in [9.17, 15) is 13.2 Å². The number of aryl methyl sites for hydroxylation is 2. The zero-order valence-corrected chi connectivity index (χ0v) is 14.6. The molecule has 0 aliphatic carbocycles. The van der Waals surface area contributed by atoms with Crippen molar-refractivity contribution >= 4 is 21.6 Å². The van der Waals surface area contributed by atoms with E-state index < -0.39 is 15.9 Å². The Labute approximate surface area is 146 Å². The van der Waals surface area contributed by atoms with Gasteiger partial charge in [0.25, 0.3) is 0 Å². The molecule has 0 saturated carbocycles. The molecule has 8 heteroatoms. The van der Waals surface area contributed by atoms with Gasteiger partial charge in [0.1, 0.15) is 0 Å². The third kappa shape index (κ3) is 3.92. The first-order valence-electron chi connectivity index (χ1n) is 7.61. The highest BCUT2D eigenvalue weighted by atomic mass is 32.2. The summed E-state index contributed by atoms with van der Waals surface area (Å²) in [4.78, 5) is 12.0. The Hall–Kier alpha value is -2.58. The Balaban J connectivity index is 1.64. The lowest BCUT2D eigenvalue weighted by atomic mass is 10.1. The van der Waals surface area contributed by atoms with E-state index in [1.807, 2.05) is 26.0 Å². The van der Waals surface area contributed by atoms with E-state index in [-0.39, 0.29) is 18.2 Å². The fourth-order valence-corrected chi connectivity index (χ4v) is 3.43. The Morgan fingerprint density at radius 1 is 1.08 bits per heavy atom. The average molecular weight is 362 g/mol. The van der Waals surface area contributed by atoms with E-state index >= 15 is 0 Å². The van der Waals surface area contributed by atoms with Crippen molar-refractivity contribution in [1.29, 1.82) is 0 Å². The minimum absolute atomic E-state index is 0.0102. The molecule has 2 aromatic carbocycles. The second-order valence-corrected chi connectivity index (χ2v) is 7.47. The number of anilines is 1. The Morgan fingerprint density at radius 3 is 2.60 bits per heavy atom. The summed E-state index contributed by atoms with van der Waals surface area (Å²) in [6.07, 6.45) is 0. The second kappa shape index (κ2) is 6.73. The van der Waals surface area contributed by atoms with Gasteiger partial charge >= 0.3 is 0 Å². The number of benzene rings is 2. The number of hydrogen-bond acceptors (Lipinski definition) is 5. The van der Waals surface area contributed by atoms with Crippen LogP contribution < -0.4 is 19.5 Å². The van der Waals surface area contributed by atoms with E-state index in [1.165, 1.54) is 18.2 Å². The number of carbonyl (C=O) groups excluding carboxylic acids is 1. The Kier molecular flexibility index (Phi) is 4.65. The lowest BCUT2D eigenvalue weighted by Crippen LogP contribution is -2.33. The van der Waals surface area contributed by atoms with Crippen molar-refractivity contribution in [3.05, 3.63) is 47.5 Å². The van der Waals surface area contributed by atoms with Crippen molar-refractivity contribution in [2.24, 2.45) is 0 Å². The molecular formula is C17H18N2O5S. The third-order valence-electron chi connectivity index (χ3n) is 3.73. The van der Waals surface area contributed by atoms with Crippen molar-refractivity contribution in [3.63, 3.8) is 0 Å². The highest BCUT2D eigenvalue weighted by Gasteiger charge is 2.21. The van der Waals surface area contributed by atoms with Crippen LogP contribution >= 0.6 is 0 Å². The number of carbonyl (C=O) groups is 1. The van der Waals surface area contributed by atoms with Gasteiger partial charge in [-0.25, -0.2) is 13.1 Å². The predicted molar refractivity (Wildman–Crippen MR) is 92.3 cm³/mol. The molecule has 0 fully saturated rings. The number of rotatable bonds is 5. The SMILES string of the molecule is Cc1ccc(NC(=O)CNS(=O)(=O)c2ccc3c(c2)OCO3)c(C)c1. The third-order valence-corrected chi connectivity index (χ3v) is 5.13. The molecule has 3 rings (SSSR count). The van der Waals surface area contributed by atoms with E-state index in [0.29, 0.717) is 17.2 Å². The minimum Gasteiger partial charge on any atom is -0.454 e. The number of hydrogen-bond donors (Lipinski definition) is 2. The second-order valence-electron chi connectivity index (χ2n) is 5.71. The molecule has 2 aromatic rings. The first kappa shape index (κ1) is 17.2. The van der Waals surface area contributed by atoms with Crippen LogP contribution in [0.25, 0.3) is 0 Å². The van der Waals surface area contributed by atoms with E-state index in [0.717, 1.165) is 11.1 Å². The summed E-state index contributed by atoms with van der Waals surface area (Å²) in [5.74, 6) is 0.408. The Morgan fingerprint density at radius 2 is 1.84 bits per heavy atom. The molecular weight excluding hydrogens is 344 g/mol. The van der Waals surface area contributed by atoms with Gasteiger partial charge in [-0.05, 0) is 37.6 Å². The predicted octanol–water partition coefficient (Wildman–Crippen LogP) is 1.95. The summed E-state index contributed by atoms with van der Waals surface area (Å²) in [6.45, 7) is 3.52. The summed E-state index contributed by atoms with van der Waals surface area (Å²) >= 11 is 0. The highest BCUT2D eigenvalue weighted by molar-refractivity contribution is 7.89. The highest BCUT2D eigenvalue weighted by Crippen LogP contribution is 2.33. The molecule has 0 bridgehead atoms. The molecule has 25 heavy (non-hydrogen) atoms. The number of ether oxygens (including phenoxy) is 2. The molecule has 0 unspecified atom stereocenters. The maximum atomic E-state index is 12.3. The van der Waals surface area contributed by atoms with Crippen LogP contribution in [0.2, 0.25) is 0 Å². The van der Waals surface area contributed by atoms with Crippen molar-refractivity contribution in [3.8, 4) is 11.5 Å². The quantitative estimate of drug-likeness (QED) is 0.848. The van der Waals surface area contributed by atoms with Gasteiger partial charge in [0, 0.05) is 11.8 Å². The first-order chi connectivity index (χ1) is 11.8. The maximum absolute atomic E-state index is 12.3. The van der Waals surface area contributed by atoms with Crippen LogP contribution in [-0.4, -0.2) is 27.7 Å². The van der Waals surface area contributed by atoms with Crippen molar-refractivity contribution < 1.29 is 22.7 Å². The molecule has 2 N–H and O–H groups in total. The molecule has 0 radical (unpaired) electrons. The van der Waals surface area contributed by atoms with Gasteiger partial charge in [-0.2, -0.15) is 0 Å². The summed E-state index contributed by atoms with van der Waals surface area (Å²) in [6, 6.07) is 9.89. The van der Waals surface area contributed by atoms with Crippen LogP contribution in [0.4, 0.5) is 5.69 Å². The Bertz CT molecular complexity index is 925.